The number of para-hydroxylation sites is 3. The van der Waals surface area contributed by atoms with Gasteiger partial charge in [-0.1, -0.05) is 198 Å². The van der Waals surface area contributed by atoms with E-state index in [0.717, 1.165) is 154 Å². The topological polar surface area (TPSA) is 35.9 Å². The van der Waals surface area contributed by atoms with Gasteiger partial charge in [-0.2, -0.15) is 0 Å². The molecule has 1 aliphatic heterocycles. The van der Waals surface area contributed by atoms with E-state index in [4.69, 9.17) is 9.72 Å². The molecule has 0 spiro atoms. The van der Waals surface area contributed by atoms with Crippen LogP contribution < -0.4 is 9.30 Å². The predicted octanol–water partition coefficient (Wildman–Crippen LogP) is 20.3. The maximum Gasteiger partial charge on any atom is 0.269 e. The molecule has 0 N–H and O–H groups in total. The van der Waals surface area contributed by atoms with Gasteiger partial charge in [-0.3, -0.25) is 13.7 Å². The van der Waals surface area contributed by atoms with Crippen LogP contribution in [-0.4, -0.2) is 14.1 Å². The van der Waals surface area contributed by atoms with Crippen LogP contribution in [0.1, 0.15) is 78.7 Å². The number of nitrogens with zero attached hydrogens (tertiary/aromatic N) is 4. The number of aromatic nitrogens is 4. The zero-order chi connectivity index (χ0) is 56.9. The number of fused-ring (bicyclic) bond motifs is 10. The summed E-state index contributed by atoms with van der Waals surface area (Å²) >= 11 is 0. The van der Waals surface area contributed by atoms with E-state index in [0.29, 0.717) is 5.75 Å². The van der Waals surface area contributed by atoms with E-state index in [2.05, 4.69) is 285 Å². The van der Waals surface area contributed by atoms with Crippen molar-refractivity contribution in [3.8, 4) is 95.5 Å². The first-order valence-corrected chi connectivity index (χ1v) is 29.3. The third-order valence-corrected chi connectivity index (χ3v) is 17.6. The fraction of sp³-hybridized carbons (Fsp3) is 0.154. The van der Waals surface area contributed by atoms with Gasteiger partial charge in [0.2, 0.25) is 0 Å². The van der Waals surface area contributed by atoms with Gasteiger partial charge in [-0.05, 0) is 187 Å². The van der Waals surface area contributed by atoms with Crippen molar-refractivity contribution in [2.75, 3.05) is 0 Å². The molecule has 0 amide bonds. The molecule has 0 bridgehead atoms. The minimum atomic E-state index is -0.802. The molecule has 2 aliphatic rings. The number of imidazole rings is 1. The summed E-state index contributed by atoms with van der Waals surface area (Å²) < 4.78 is 24.4. The van der Waals surface area contributed by atoms with Crippen molar-refractivity contribution in [2.45, 2.75) is 71.6 Å². The molecular formula is C78H64N4O. The average molecular weight is 1070 g/mol. The zero-order valence-corrected chi connectivity index (χ0v) is 47.6. The standard InChI is InChI=1S/C78H64N4O/c1-77(2,3)57-40-43-79-73(47-57)82-70-34-15-14-28-65(70)66-37-36-60(49-72(66)82)83-59-25-16-24-58(48-59)80-50-81-75-62(56-45-54(51-20-8-6-9-21-51)44-55(46-56)52-22-10-7-11-23-52)30-18-33-69(75)74-61(53-38-41-78(4,5)42-39-53)29-17-31-67(74)63-26-12-13-27-64(63)68-32-19-35-71(80)76(68)81/h6-37,40,43-49,53H,38-39,41-42H2,1-5H3/i53D. The molecule has 15 rings (SSSR count). The zero-order valence-electron chi connectivity index (χ0n) is 48.6. The molecule has 0 unspecified atom stereocenters. The second-order valence-corrected chi connectivity index (χ2v) is 24.5. The van der Waals surface area contributed by atoms with E-state index in [1.165, 1.54) is 5.56 Å². The minimum absolute atomic E-state index is 0.0429. The third kappa shape index (κ3) is 8.85. The van der Waals surface area contributed by atoms with Gasteiger partial charge in [0.1, 0.15) is 17.3 Å². The van der Waals surface area contributed by atoms with E-state index < -0.39 is 5.89 Å². The largest absolute Gasteiger partial charge is 0.458 e. The Morgan fingerprint density at radius 3 is 1.87 bits per heavy atom. The van der Waals surface area contributed by atoms with Crippen LogP contribution in [-0.2, 0) is 5.41 Å². The van der Waals surface area contributed by atoms with Crippen LogP contribution >= 0.6 is 0 Å². The summed E-state index contributed by atoms with van der Waals surface area (Å²) in [5, 5.41) is 2.30. The molecule has 1 fully saturated rings. The first-order chi connectivity index (χ1) is 40.9. The SMILES string of the molecule is [2H]C1(c2cccc3c2-c2cccc(-c4cc(-c5ccccc5)cc(-c5ccccc5)c4)c2-[n+]2[c-]n(-c4cccc(Oc5ccc6c7ccccc7n(-c7cc(C(C)(C)C)ccn7)c6c5)c4)c4cccc(c42)-c2ccccc2-3)CCC(C)(C)CC1. The molecule has 4 heterocycles. The number of hydrogen-bond acceptors (Lipinski definition) is 2. The molecule has 1 saturated carbocycles. The predicted molar refractivity (Wildman–Crippen MR) is 342 cm³/mol. The lowest BCUT2D eigenvalue weighted by atomic mass is 9.69. The molecule has 402 valence electrons. The van der Waals surface area contributed by atoms with Gasteiger partial charge < -0.3 is 4.74 Å². The molecule has 0 atom stereocenters. The lowest BCUT2D eigenvalue weighted by molar-refractivity contribution is -0.570. The van der Waals surface area contributed by atoms with Crippen LogP contribution in [0.2, 0.25) is 0 Å². The minimum Gasteiger partial charge on any atom is -0.458 e. The summed E-state index contributed by atoms with van der Waals surface area (Å²) in [5.41, 5.74) is 21.9. The number of hydrogen-bond donors (Lipinski definition) is 0. The van der Waals surface area contributed by atoms with Crippen molar-refractivity contribution in [3.63, 3.8) is 0 Å². The van der Waals surface area contributed by atoms with Crippen molar-refractivity contribution >= 4 is 32.8 Å². The Bertz CT molecular complexity index is 4670. The van der Waals surface area contributed by atoms with Gasteiger partial charge in [-0.15, -0.1) is 0 Å². The smallest absolute Gasteiger partial charge is 0.269 e. The fourth-order valence-electron chi connectivity index (χ4n) is 13.2. The van der Waals surface area contributed by atoms with E-state index >= 15 is 0 Å². The van der Waals surface area contributed by atoms with Gasteiger partial charge >= 0.3 is 0 Å². The highest BCUT2D eigenvalue weighted by Gasteiger charge is 2.33. The summed E-state index contributed by atoms with van der Waals surface area (Å²) in [6, 6.07) is 85.4. The van der Waals surface area contributed by atoms with Gasteiger partial charge in [0.05, 0.1) is 33.4 Å². The van der Waals surface area contributed by atoms with E-state index in [1.807, 2.05) is 12.3 Å². The van der Waals surface area contributed by atoms with Crippen LogP contribution in [0.3, 0.4) is 0 Å². The Balaban J connectivity index is 0.957. The first-order valence-electron chi connectivity index (χ1n) is 29.8. The molecule has 0 radical (unpaired) electrons. The monoisotopic (exact) mass is 1070 g/mol. The van der Waals surface area contributed by atoms with Crippen LogP contribution in [0.5, 0.6) is 11.5 Å². The molecule has 10 aromatic carbocycles. The van der Waals surface area contributed by atoms with Crippen molar-refractivity contribution in [1.29, 1.82) is 0 Å². The number of rotatable bonds is 8. The Kier molecular flexibility index (Phi) is 11.8. The highest BCUT2D eigenvalue weighted by atomic mass is 16.5. The molecule has 5 nitrogen and oxygen atoms in total. The van der Waals surface area contributed by atoms with Gasteiger partial charge in [0, 0.05) is 24.4 Å². The Morgan fingerprint density at radius 1 is 0.518 bits per heavy atom. The van der Waals surface area contributed by atoms with E-state index in [-0.39, 0.29) is 10.8 Å². The summed E-state index contributed by atoms with van der Waals surface area (Å²) in [5.74, 6) is 1.50. The molecule has 3 aromatic heterocycles. The quantitative estimate of drug-likeness (QED) is 0.112. The number of benzene rings is 10. The van der Waals surface area contributed by atoms with Gasteiger partial charge in [-0.25, -0.2) is 4.98 Å². The summed E-state index contributed by atoms with van der Waals surface area (Å²) in [6.07, 6.45) is 9.54. The average Bonchev–Trinajstić information content (AvgIpc) is 2.83. The van der Waals surface area contributed by atoms with Gasteiger partial charge in [0.25, 0.3) is 6.33 Å². The van der Waals surface area contributed by atoms with Gasteiger partial charge in [0.15, 0.2) is 0 Å². The number of pyridine rings is 1. The molecule has 13 aromatic rings. The summed E-state index contributed by atoms with van der Waals surface area (Å²) in [4.78, 5) is 4.95. The maximum atomic E-state index is 10.6. The van der Waals surface area contributed by atoms with Crippen molar-refractivity contribution < 1.29 is 10.7 Å². The Labute approximate surface area is 487 Å². The normalized spacial score (nSPS) is 14.5. The second kappa shape index (κ2) is 19.8. The fourth-order valence-corrected chi connectivity index (χ4v) is 13.2. The van der Waals surface area contributed by atoms with Crippen LogP contribution in [0.25, 0.3) is 117 Å². The van der Waals surface area contributed by atoms with Crippen molar-refractivity contribution in [1.82, 2.24) is 14.1 Å². The lowest BCUT2D eigenvalue weighted by Gasteiger charge is -2.36. The molecule has 83 heavy (non-hydrogen) atoms. The molecular weight excluding hydrogens is 1010 g/mol. The first kappa shape index (κ1) is 49.3. The molecule has 0 saturated heterocycles. The number of ether oxygens (including phenoxy) is 1. The Morgan fingerprint density at radius 2 is 1.11 bits per heavy atom. The highest BCUT2D eigenvalue weighted by molar-refractivity contribution is 6.09. The van der Waals surface area contributed by atoms with Crippen molar-refractivity contribution in [3.05, 3.63) is 260 Å². The van der Waals surface area contributed by atoms with Crippen molar-refractivity contribution in [2.24, 2.45) is 5.41 Å². The highest BCUT2D eigenvalue weighted by Crippen LogP contribution is 2.51. The molecule has 1 aliphatic carbocycles. The summed E-state index contributed by atoms with van der Waals surface area (Å²) in [7, 11) is 0. The second-order valence-electron chi connectivity index (χ2n) is 24.5. The van der Waals surface area contributed by atoms with Crippen LogP contribution in [0, 0.1) is 11.7 Å². The maximum absolute atomic E-state index is 10.6. The van der Waals surface area contributed by atoms with Crippen LogP contribution in [0.15, 0.2) is 243 Å². The van der Waals surface area contributed by atoms with E-state index in [9.17, 15) is 1.37 Å². The lowest BCUT2D eigenvalue weighted by Crippen LogP contribution is -2.32. The van der Waals surface area contributed by atoms with E-state index in [1.54, 1.807) is 0 Å². The Hall–Kier alpha value is -9.58. The third-order valence-electron chi connectivity index (χ3n) is 17.6. The van der Waals surface area contributed by atoms with Crippen LogP contribution in [0.4, 0.5) is 0 Å². The summed E-state index contributed by atoms with van der Waals surface area (Å²) in [6.45, 7) is 11.5. The molecule has 5 heteroatoms.